The standard InChI is InChI=1S/C18H15FN2O3/c1-23-11-7-8-13(17(9-11)24-2)16-10-15(20-18(22)21-16)12-5-3-4-6-14(12)19/h3-10H,1-2H3,(H,20,21,22). The van der Waals surface area contributed by atoms with Gasteiger partial charge in [-0.05, 0) is 30.3 Å². The summed E-state index contributed by atoms with van der Waals surface area (Å²) < 4.78 is 24.5. The molecular weight excluding hydrogens is 311 g/mol. The van der Waals surface area contributed by atoms with Crippen LogP contribution in [0.25, 0.3) is 22.5 Å². The lowest BCUT2D eigenvalue weighted by Gasteiger charge is -2.11. The lowest BCUT2D eigenvalue weighted by atomic mass is 10.1. The summed E-state index contributed by atoms with van der Waals surface area (Å²) in [6, 6.07) is 13.0. The van der Waals surface area contributed by atoms with E-state index in [9.17, 15) is 9.18 Å². The normalized spacial score (nSPS) is 10.5. The van der Waals surface area contributed by atoms with E-state index in [0.717, 1.165) is 0 Å². The van der Waals surface area contributed by atoms with Crippen LogP contribution in [0.4, 0.5) is 4.39 Å². The largest absolute Gasteiger partial charge is 0.497 e. The van der Waals surface area contributed by atoms with Crippen LogP contribution >= 0.6 is 0 Å². The van der Waals surface area contributed by atoms with Crippen LogP contribution in [-0.2, 0) is 0 Å². The van der Waals surface area contributed by atoms with Crippen molar-refractivity contribution in [3.05, 3.63) is 64.8 Å². The molecule has 0 amide bonds. The molecule has 0 aliphatic carbocycles. The highest BCUT2D eigenvalue weighted by Crippen LogP contribution is 2.33. The van der Waals surface area contributed by atoms with Crippen LogP contribution in [-0.4, -0.2) is 24.2 Å². The van der Waals surface area contributed by atoms with Gasteiger partial charge in [0.25, 0.3) is 0 Å². The van der Waals surface area contributed by atoms with Crippen LogP contribution in [0.1, 0.15) is 0 Å². The third-order valence-electron chi connectivity index (χ3n) is 3.59. The molecule has 0 fully saturated rings. The van der Waals surface area contributed by atoms with Gasteiger partial charge in [0, 0.05) is 17.2 Å². The third-order valence-corrected chi connectivity index (χ3v) is 3.59. The number of rotatable bonds is 4. The fraction of sp³-hybridized carbons (Fsp3) is 0.111. The molecule has 0 atom stereocenters. The first-order valence-corrected chi connectivity index (χ1v) is 7.21. The number of aromatic nitrogens is 2. The molecule has 0 aliphatic heterocycles. The van der Waals surface area contributed by atoms with Gasteiger partial charge < -0.3 is 14.5 Å². The van der Waals surface area contributed by atoms with Crippen molar-refractivity contribution < 1.29 is 13.9 Å². The van der Waals surface area contributed by atoms with Gasteiger partial charge in [-0.3, -0.25) is 0 Å². The number of nitrogens with one attached hydrogen (secondary N) is 1. The number of halogens is 1. The summed E-state index contributed by atoms with van der Waals surface area (Å²) in [5.74, 6) is 0.702. The summed E-state index contributed by atoms with van der Waals surface area (Å²) in [5.41, 5.74) is 1.08. The second kappa shape index (κ2) is 6.54. The van der Waals surface area contributed by atoms with E-state index in [2.05, 4.69) is 9.97 Å². The molecule has 0 aliphatic rings. The zero-order valence-electron chi connectivity index (χ0n) is 13.2. The Labute approximate surface area is 137 Å². The van der Waals surface area contributed by atoms with E-state index in [1.807, 2.05) is 0 Å². The smallest absolute Gasteiger partial charge is 0.345 e. The Kier molecular flexibility index (Phi) is 4.29. The quantitative estimate of drug-likeness (QED) is 0.799. The fourth-order valence-corrected chi connectivity index (χ4v) is 2.43. The monoisotopic (exact) mass is 326 g/mol. The Morgan fingerprint density at radius 2 is 1.79 bits per heavy atom. The molecule has 0 bridgehead atoms. The Balaban J connectivity index is 2.17. The van der Waals surface area contributed by atoms with Gasteiger partial charge in [-0.15, -0.1) is 0 Å². The Morgan fingerprint density at radius 1 is 1.00 bits per heavy atom. The average molecular weight is 326 g/mol. The minimum absolute atomic E-state index is 0.297. The SMILES string of the molecule is COc1ccc(-c2cc(-c3ccccc3F)[nH]c(=O)n2)c(OC)c1. The molecule has 24 heavy (non-hydrogen) atoms. The lowest BCUT2D eigenvalue weighted by Crippen LogP contribution is -2.12. The predicted molar refractivity (Wildman–Crippen MR) is 88.8 cm³/mol. The number of ether oxygens (including phenoxy) is 2. The highest BCUT2D eigenvalue weighted by atomic mass is 19.1. The van der Waals surface area contributed by atoms with E-state index in [0.29, 0.717) is 34.0 Å². The van der Waals surface area contributed by atoms with Gasteiger partial charge in [0.2, 0.25) is 0 Å². The van der Waals surface area contributed by atoms with E-state index in [-0.39, 0.29) is 0 Å². The van der Waals surface area contributed by atoms with Gasteiger partial charge in [0.15, 0.2) is 0 Å². The second-order valence-electron chi connectivity index (χ2n) is 5.03. The Morgan fingerprint density at radius 3 is 2.50 bits per heavy atom. The van der Waals surface area contributed by atoms with Crippen LogP contribution in [0, 0.1) is 5.82 Å². The second-order valence-corrected chi connectivity index (χ2v) is 5.03. The fourth-order valence-electron chi connectivity index (χ4n) is 2.43. The van der Waals surface area contributed by atoms with Gasteiger partial charge in [0.05, 0.1) is 25.6 Å². The van der Waals surface area contributed by atoms with E-state index >= 15 is 0 Å². The molecule has 0 saturated carbocycles. The molecule has 5 nitrogen and oxygen atoms in total. The summed E-state index contributed by atoms with van der Waals surface area (Å²) in [6.07, 6.45) is 0. The van der Waals surface area contributed by atoms with Crippen LogP contribution in [0.5, 0.6) is 11.5 Å². The van der Waals surface area contributed by atoms with Gasteiger partial charge in [-0.2, -0.15) is 4.98 Å². The third kappa shape index (κ3) is 2.99. The summed E-state index contributed by atoms with van der Waals surface area (Å²) in [4.78, 5) is 18.5. The van der Waals surface area contributed by atoms with E-state index < -0.39 is 11.5 Å². The van der Waals surface area contributed by atoms with Crippen molar-refractivity contribution in [2.24, 2.45) is 0 Å². The molecule has 1 N–H and O–H groups in total. The van der Waals surface area contributed by atoms with Gasteiger partial charge in [-0.25, -0.2) is 9.18 Å². The summed E-state index contributed by atoms with van der Waals surface area (Å²) in [6.45, 7) is 0. The van der Waals surface area contributed by atoms with E-state index in [1.54, 1.807) is 49.6 Å². The lowest BCUT2D eigenvalue weighted by molar-refractivity contribution is 0.395. The van der Waals surface area contributed by atoms with Crippen molar-refractivity contribution in [3.63, 3.8) is 0 Å². The van der Waals surface area contributed by atoms with Crippen LogP contribution in [0.15, 0.2) is 53.3 Å². The van der Waals surface area contributed by atoms with Gasteiger partial charge in [0.1, 0.15) is 17.3 Å². The molecule has 0 spiro atoms. The number of nitrogens with zero attached hydrogens (tertiary/aromatic N) is 1. The van der Waals surface area contributed by atoms with Crippen molar-refractivity contribution in [1.82, 2.24) is 9.97 Å². The van der Waals surface area contributed by atoms with Crippen LogP contribution in [0.3, 0.4) is 0 Å². The molecule has 1 heterocycles. The highest BCUT2D eigenvalue weighted by Gasteiger charge is 2.13. The molecule has 2 aromatic carbocycles. The molecule has 0 unspecified atom stereocenters. The molecule has 1 aromatic heterocycles. The predicted octanol–water partition coefficient (Wildman–Crippen LogP) is 3.26. The Hall–Kier alpha value is -3.15. The first-order valence-electron chi connectivity index (χ1n) is 7.21. The molecule has 6 heteroatoms. The van der Waals surface area contributed by atoms with Crippen molar-refractivity contribution in [1.29, 1.82) is 0 Å². The minimum atomic E-state index is -0.566. The Bertz CT molecular complexity index is 938. The zero-order chi connectivity index (χ0) is 17.1. The first-order chi connectivity index (χ1) is 11.6. The van der Waals surface area contributed by atoms with Gasteiger partial charge >= 0.3 is 5.69 Å². The number of benzene rings is 2. The maximum Gasteiger partial charge on any atom is 0.345 e. The molecule has 0 saturated heterocycles. The topological polar surface area (TPSA) is 64.2 Å². The molecular formula is C18H15FN2O3. The summed E-state index contributed by atoms with van der Waals surface area (Å²) >= 11 is 0. The summed E-state index contributed by atoms with van der Waals surface area (Å²) in [5, 5.41) is 0. The van der Waals surface area contributed by atoms with E-state index in [1.165, 1.54) is 13.2 Å². The average Bonchev–Trinajstić information content (AvgIpc) is 2.61. The molecule has 122 valence electrons. The zero-order valence-corrected chi connectivity index (χ0v) is 13.2. The van der Waals surface area contributed by atoms with Crippen LogP contribution in [0.2, 0.25) is 0 Å². The number of aromatic amines is 1. The maximum atomic E-state index is 14.0. The minimum Gasteiger partial charge on any atom is -0.497 e. The number of hydrogen-bond acceptors (Lipinski definition) is 4. The first kappa shape index (κ1) is 15.7. The van der Waals surface area contributed by atoms with E-state index in [4.69, 9.17) is 9.47 Å². The van der Waals surface area contributed by atoms with Crippen molar-refractivity contribution in [3.8, 4) is 34.0 Å². The molecule has 3 rings (SSSR count). The van der Waals surface area contributed by atoms with Crippen molar-refractivity contribution in [2.75, 3.05) is 14.2 Å². The molecule has 0 radical (unpaired) electrons. The number of H-pyrrole nitrogens is 1. The maximum absolute atomic E-state index is 14.0. The van der Waals surface area contributed by atoms with Gasteiger partial charge in [-0.1, -0.05) is 12.1 Å². The van der Waals surface area contributed by atoms with Crippen molar-refractivity contribution in [2.45, 2.75) is 0 Å². The number of hydrogen-bond donors (Lipinski definition) is 1. The summed E-state index contributed by atoms with van der Waals surface area (Å²) in [7, 11) is 3.07. The number of methoxy groups -OCH3 is 2. The highest BCUT2D eigenvalue weighted by molar-refractivity contribution is 5.72. The van der Waals surface area contributed by atoms with Crippen LogP contribution < -0.4 is 15.2 Å². The molecule has 3 aromatic rings. The van der Waals surface area contributed by atoms with Crippen molar-refractivity contribution >= 4 is 0 Å².